The first-order valence-electron chi connectivity index (χ1n) is 10.2. The van der Waals surface area contributed by atoms with E-state index in [1.165, 1.54) is 16.7 Å². The molecule has 1 fully saturated rings. The zero-order valence-electron chi connectivity index (χ0n) is 16.9. The number of nitrogens with zero attached hydrogens (tertiary/aromatic N) is 2. The van der Waals surface area contributed by atoms with Crippen molar-refractivity contribution in [1.29, 1.82) is 0 Å². The minimum atomic E-state index is -0.330. The molecule has 2 aliphatic heterocycles. The van der Waals surface area contributed by atoms with Crippen molar-refractivity contribution in [3.05, 3.63) is 71.3 Å². The normalized spacial score (nSPS) is 24.4. The lowest BCUT2D eigenvalue weighted by molar-refractivity contribution is -0.149. The maximum atomic E-state index is 7.22. The van der Waals surface area contributed by atoms with Gasteiger partial charge in [0.1, 0.15) is 5.60 Å². The smallest absolute Gasteiger partial charge is 0.120 e. The van der Waals surface area contributed by atoms with Gasteiger partial charge in [0.05, 0.1) is 5.60 Å². The van der Waals surface area contributed by atoms with Gasteiger partial charge in [0.15, 0.2) is 0 Å². The van der Waals surface area contributed by atoms with Crippen molar-refractivity contribution in [3.63, 3.8) is 0 Å². The highest BCUT2D eigenvalue weighted by Gasteiger charge is 2.54. The highest BCUT2D eigenvalue weighted by Crippen LogP contribution is 2.56. The van der Waals surface area contributed by atoms with Crippen molar-refractivity contribution < 1.29 is 4.74 Å². The molecule has 2 aromatic carbocycles. The summed E-state index contributed by atoms with van der Waals surface area (Å²) in [4.78, 5) is 4.69. The van der Waals surface area contributed by atoms with Crippen LogP contribution in [0.1, 0.15) is 42.4 Å². The summed E-state index contributed by atoms with van der Waals surface area (Å²) >= 11 is 0. The highest BCUT2D eigenvalue weighted by molar-refractivity contribution is 5.48. The van der Waals surface area contributed by atoms with Crippen LogP contribution in [0.25, 0.3) is 0 Å². The number of benzene rings is 2. The fourth-order valence-corrected chi connectivity index (χ4v) is 4.92. The predicted molar refractivity (Wildman–Crippen MR) is 111 cm³/mol. The van der Waals surface area contributed by atoms with Crippen molar-refractivity contribution in [3.8, 4) is 0 Å². The van der Waals surface area contributed by atoms with Crippen molar-refractivity contribution in [2.75, 3.05) is 40.8 Å². The third kappa shape index (κ3) is 3.33. The molecule has 2 aromatic rings. The second kappa shape index (κ2) is 7.38. The third-order valence-corrected chi connectivity index (χ3v) is 6.39. The molecule has 3 nitrogen and oxygen atoms in total. The fourth-order valence-electron chi connectivity index (χ4n) is 4.92. The molecule has 3 heteroatoms. The Kier molecular flexibility index (Phi) is 5.11. The Bertz CT molecular complexity index is 765. The van der Waals surface area contributed by atoms with Gasteiger partial charge in [-0.15, -0.1) is 0 Å². The topological polar surface area (TPSA) is 15.7 Å². The highest BCUT2D eigenvalue weighted by atomic mass is 16.5. The van der Waals surface area contributed by atoms with Gasteiger partial charge < -0.3 is 14.5 Å². The summed E-state index contributed by atoms with van der Waals surface area (Å²) in [7, 11) is 6.52. The predicted octanol–water partition coefficient (Wildman–Crippen LogP) is 4.22. The lowest BCUT2D eigenvalue weighted by atomic mass is 9.79. The van der Waals surface area contributed by atoms with E-state index in [1.807, 2.05) is 0 Å². The van der Waals surface area contributed by atoms with E-state index in [2.05, 4.69) is 85.5 Å². The van der Waals surface area contributed by atoms with Gasteiger partial charge in [-0.2, -0.15) is 0 Å². The SMILES string of the molecule is CN(C)CCCC1(c2ccccc2)OC2(CCN(C)CC2)c2ccccc21. The van der Waals surface area contributed by atoms with Crippen molar-refractivity contribution in [2.24, 2.45) is 0 Å². The van der Waals surface area contributed by atoms with Crippen LogP contribution >= 0.6 is 0 Å². The van der Waals surface area contributed by atoms with Gasteiger partial charge in [-0.05, 0) is 70.1 Å². The van der Waals surface area contributed by atoms with E-state index in [0.29, 0.717) is 0 Å². The molecule has 0 saturated carbocycles. The van der Waals surface area contributed by atoms with Crippen LogP contribution in [0.15, 0.2) is 54.6 Å². The van der Waals surface area contributed by atoms with Crippen LogP contribution in [0.3, 0.4) is 0 Å². The molecular weight excluding hydrogens is 332 g/mol. The average Bonchev–Trinajstić information content (AvgIpc) is 2.96. The number of ether oxygens (including phenoxy) is 1. The molecule has 2 heterocycles. The van der Waals surface area contributed by atoms with Gasteiger partial charge in [-0.1, -0.05) is 54.6 Å². The van der Waals surface area contributed by atoms with E-state index in [1.54, 1.807) is 0 Å². The summed E-state index contributed by atoms with van der Waals surface area (Å²) in [6.45, 7) is 3.27. The molecule has 0 bridgehead atoms. The Balaban J connectivity index is 1.79. The van der Waals surface area contributed by atoms with Gasteiger partial charge in [-0.3, -0.25) is 0 Å². The first-order valence-corrected chi connectivity index (χ1v) is 10.2. The third-order valence-electron chi connectivity index (χ3n) is 6.39. The average molecular weight is 365 g/mol. The lowest BCUT2D eigenvalue weighted by Crippen LogP contribution is -2.43. The maximum Gasteiger partial charge on any atom is 0.120 e. The fraction of sp³-hybridized carbons (Fsp3) is 0.500. The number of hydrogen-bond acceptors (Lipinski definition) is 3. The van der Waals surface area contributed by atoms with Crippen LogP contribution in [-0.2, 0) is 15.9 Å². The molecule has 0 radical (unpaired) electrons. The van der Waals surface area contributed by atoms with E-state index < -0.39 is 0 Å². The number of fused-ring (bicyclic) bond motifs is 2. The standard InChI is InChI=1S/C24H32N2O/c1-25(2)17-9-14-24(20-10-5-4-6-11-20)22-13-8-7-12-21(22)23(27-24)15-18-26(3)19-16-23/h4-8,10-13H,9,14-19H2,1-3H3. The van der Waals surface area contributed by atoms with Gasteiger partial charge in [-0.25, -0.2) is 0 Å². The molecule has 0 aliphatic carbocycles. The molecule has 27 heavy (non-hydrogen) atoms. The number of rotatable bonds is 5. The first kappa shape index (κ1) is 18.7. The second-order valence-corrected chi connectivity index (χ2v) is 8.55. The van der Waals surface area contributed by atoms with Crippen LogP contribution in [0, 0.1) is 0 Å². The number of hydrogen-bond donors (Lipinski definition) is 0. The molecule has 1 saturated heterocycles. The molecule has 4 rings (SSSR count). The maximum absolute atomic E-state index is 7.22. The van der Waals surface area contributed by atoms with E-state index in [0.717, 1.165) is 45.3 Å². The van der Waals surface area contributed by atoms with E-state index >= 15 is 0 Å². The van der Waals surface area contributed by atoms with Crippen LogP contribution in [0.2, 0.25) is 0 Å². The number of piperidine rings is 1. The lowest BCUT2D eigenvalue weighted by Gasteiger charge is -2.41. The van der Waals surface area contributed by atoms with E-state index in [4.69, 9.17) is 4.74 Å². The zero-order chi connectivity index (χ0) is 18.9. The summed E-state index contributed by atoms with van der Waals surface area (Å²) in [6.07, 6.45) is 4.28. The summed E-state index contributed by atoms with van der Waals surface area (Å²) in [5.41, 5.74) is 3.64. The van der Waals surface area contributed by atoms with E-state index in [9.17, 15) is 0 Å². The van der Waals surface area contributed by atoms with Gasteiger partial charge in [0.2, 0.25) is 0 Å². The van der Waals surface area contributed by atoms with Crippen molar-refractivity contribution >= 4 is 0 Å². The second-order valence-electron chi connectivity index (χ2n) is 8.55. The van der Waals surface area contributed by atoms with E-state index in [-0.39, 0.29) is 11.2 Å². The summed E-state index contributed by atoms with van der Waals surface area (Å²) in [6, 6.07) is 19.9. The van der Waals surface area contributed by atoms with Crippen LogP contribution in [-0.4, -0.2) is 50.6 Å². The molecule has 2 aliphatic rings. The molecular formula is C24H32N2O. The Morgan fingerprint density at radius 3 is 2.22 bits per heavy atom. The van der Waals surface area contributed by atoms with Crippen LogP contribution < -0.4 is 0 Å². The minimum Gasteiger partial charge on any atom is -0.354 e. The monoisotopic (exact) mass is 364 g/mol. The van der Waals surface area contributed by atoms with Gasteiger partial charge in [0, 0.05) is 13.1 Å². The summed E-state index contributed by atoms with van der Waals surface area (Å²) in [5, 5.41) is 0. The Morgan fingerprint density at radius 2 is 1.56 bits per heavy atom. The van der Waals surface area contributed by atoms with Gasteiger partial charge >= 0.3 is 0 Å². The molecule has 0 N–H and O–H groups in total. The number of likely N-dealkylation sites (tertiary alicyclic amines) is 1. The molecule has 0 amide bonds. The van der Waals surface area contributed by atoms with Crippen LogP contribution in [0.4, 0.5) is 0 Å². The Labute approximate surface area is 163 Å². The van der Waals surface area contributed by atoms with Crippen molar-refractivity contribution in [2.45, 2.75) is 36.9 Å². The Hall–Kier alpha value is -1.68. The molecule has 0 aromatic heterocycles. The molecule has 1 atom stereocenters. The largest absolute Gasteiger partial charge is 0.354 e. The van der Waals surface area contributed by atoms with Gasteiger partial charge in [0.25, 0.3) is 0 Å². The molecule has 1 spiro atoms. The summed E-state index contributed by atoms with van der Waals surface area (Å²) < 4.78 is 7.22. The first-order chi connectivity index (χ1) is 13.1. The Morgan fingerprint density at radius 1 is 0.926 bits per heavy atom. The minimum absolute atomic E-state index is 0.142. The molecule has 1 unspecified atom stereocenters. The summed E-state index contributed by atoms with van der Waals surface area (Å²) in [5.74, 6) is 0. The van der Waals surface area contributed by atoms with Crippen LogP contribution in [0.5, 0.6) is 0 Å². The quantitative estimate of drug-likeness (QED) is 0.790. The molecule has 144 valence electrons. The van der Waals surface area contributed by atoms with Crippen molar-refractivity contribution in [1.82, 2.24) is 9.80 Å². The zero-order valence-corrected chi connectivity index (χ0v) is 16.9.